The van der Waals surface area contributed by atoms with Crippen molar-refractivity contribution >= 4 is 39.0 Å². The number of thioether (sulfide) groups is 1. The van der Waals surface area contributed by atoms with Crippen molar-refractivity contribution in [3.63, 3.8) is 0 Å². The van der Waals surface area contributed by atoms with Gasteiger partial charge in [0.05, 0.1) is 3.79 Å². The molecule has 80 valence electrons. The largest absolute Gasteiger partial charge is 0.306 e. The van der Waals surface area contributed by atoms with Crippen LogP contribution in [0.4, 0.5) is 0 Å². The predicted molar refractivity (Wildman–Crippen MR) is 71.4 cm³/mol. The van der Waals surface area contributed by atoms with Crippen LogP contribution >= 0.6 is 39.0 Å². The number of hydrogen-bond donors (Lipinski definition) is 1. The first kappa shape index (κ1) is 12.6. The number of rotatable bonds is 5. The van der Waals surface area contributed by atoms with E-state index in [1.54, 1.807) is 11.3 Å². The monoisotopic (exact) mass is 293 g/mol. The SMILES string of the molecule is CSCC(C)NC(C)c1ccc(Br)s1. The van der Waals surface area contributed by atoms with Gasteiger partial charge in [0.1, 0.15) is 0 Å². The summed E-state index contributed by atoms with van der Waals surface area (Å²) in [7, 11) is 0. The summed E-state index contributed by atoms with van der Waals surface area (Å²) in [6.07, 6.45) is 2.14. The van der Waals surface area contributed by atoms with Gasteiger partial charge in [-0.3, -0.25) is 0 Å². The van der Waals surface area contributed by atoms with E-state index in [4.69, 9.17) is 0 Å². The molecule has 0 spiro atoms. The average Bonchev–Trinajstić information content (AvgIpc) is 2.52. The van der Waals surface area contributed by atoms with E-state index in [2.05, 4.69) is 53.5 Å². The van der Waals surface area contributed by atoms with Crippen molar-refractivity contribution < 1.29 is 0 Å². The van der Waals surface area contributed by atoms with Crippen molar-refractivity contribution in [1.82, 2.24) is 5.32 Å². The van der Waals surface area contributed by atoms with Crippen LogP contribution in [0.2, 0.25) is 0 Å². The Hall–Kier alpha value is 0.490. The van der Waals surface area contributed by atoms with E-state index >= 15 is 0 Å². The van der Waals surface area contributed by atoms with Crippen LogP contribution in [-0.2, 0) is 0 Å². The third kappa shape index (κ3) is 3.93. The van der Waals surface area contributed by atoms with Crippen LogP contribution in [0.5, 0.6) is 0 Å². The molecular formula is C10H16BrNS2. The van der Waals surface area contributed by atoms with Crippen LogP contribution in [-0.4, -0.2) is 18.1 Å². The van der Waals surface area contributed by atoms with Crippen molar-refractivity contribution in [1.29, 1.82) is 0 Å². The Morgan fingerprint density at radius 3 is 2.71 bits per heavy atom. The molecule has 0 amide bonds. The third-order valence-corrected chi connectivity index (χ3v) is 4.61. The van der Waals surface area contributed by atoms with Crippen LogP contribution in [0.1, 0.15) is 24.8 Å². The van der Waals surface area contributed by atoms with Crippen LogP contribution < -0.4 is 5.32 Å². The fourth-order valence-electron chi connectivity index (χ4n) is 1.37. The Morgan fingerprint density at radius 2 is 2.21 bits per heavy atom. The lowest BCUT2D eigenvalue weighted by Gasteiger charge is -2.18. The van der Waals surface area contributed by atoms with Gasteiger partial charge in [0.2, 0.25) is 0 Å². The summed E-state index contributed by atoms with van der Waals surface area (Å²) in [5, 5.41) is 3.58. The summed E-state index contributed by atoms with van der Waals surface area (Å²) in [6.45, 7) is 4.45. The highest BCUT2D eigenvalue weighted by Crippen LogP contribution is 2.27. The molecule has 0 saturated heterocycles. The number of thiophene rings is 1. The topological polar surface area (TPSA) is 12.0 Å². The normalized spacial score (nSPS) is 15.4. The molecule has 1 rings (SSSR count). The van der Waals surface area contributed by atoms with E-state index < -0.39 is 0 Å². The number of hydrogen-bond acceptors (Lipinski definition) is 3. The molecule has 0 bridgehead atoms. The molecule has 1 aromatic heterocycles. The smallest absolute Gasteiger partial charge is 0.0701 e. The molecule has 1 aromatic rings. The summed E-state index contributed by atoms with van der Waals surface area (Å²) in [4.78, 5) is 1.39. The van der Waals surface area contributed by atoms with Gasteiger partial charge in [-0.1, -0.05) is 0 Å². The standard InChI is InChI=1S/C10H16BrNS2/c1-7(6-13-3)12-8(2)9-4-5-10(11)14-9/h4-5,7-8,12H,6H2,1-3H3. The third-order valence-electron chi connectivity index (χ3n) is 1.97. The van der Waals surface area contributed by atoms with E-state index in [1.807, 2.05) is 11.8 Å². The molecule has 0 aliphatic carbocycles. The molecule has 2 unspecified atom stereocenters. The van der Waals surface area contributed by atoms with E-state index in [0.717, 1.165) is 5.75 Å². The summed E-state index contributed by atoms with van der Waals surface area (Å²) in [6, 6.07) is 5.31. The Kier molecular flexibility index (Phi) is 5.52. The lowest BCUT2D eigenvalue weighted by Crippen LogP contribution is -2.30. The zero-order chi connectivity index (χ0) is 10.6. The van der Waals surface area contributed by atoms with E-state index in [-0.39, 0.29) is 0 Å². The highest BCUT2D eigenvalue weighted by atomic mass is 79.9. The quantitative estimate of drug-likeness (QED) is 0.883. The summed E-state index contributed by atoms with van der Waals surface area (Å²) in [5.41, 5.74) is 0. The van der Waals surface area contributed by atoms with E-state index in [0.29, 0.717) is 12.1 Å². The molecule has 0 aliphatic rings. The molecule has 1 heterocycles. The first-order chi connectivity index (χ1) is 6.63. The molecule has 4 heteroatoms. The van der Waals surface area contributed by atoms with Gasteiger partial charge in [0.15, 0.2) is 0 Å². The van der Waals surface area contributed by atoms with Gasteiger partial charge in [0, 0.05) is 22.7 Å². The zero-order valence-corrected chi connectivity index (χ0v) is 11.9. The second-order valence-electron chi connectivity index (χ2n) is 3.39. The fourth-order valence-corrected chi connectivity index (χ4v) is 3.40. The molecule has 1 nitrogen and oxygen atoms in total. The maximum atomic E-state index is 3.58. The minimum Gasteiger partial charge on any atom is -0.306 e. The molecule has 0 saturated carbocycles. The second kappa shape index (κ2) is 6.16. The molecule has 0 aromatic carbocycles. The molecule has 0 radical (unpaired) electrons. The number of nitrogens with one attached hydrogen (secondary N) is 1. The van der Waals surface area contributed by atoms with E-state index in [9.17, 15) is 0 Å². The van der Waals surface area contributed by atoms with Crippen LogP contribution in [0, 0.1) is 0 Å². The second-order valence-corrected chi connectivity index (χ2v) is 6.79. The van der Waals surface area contributed by atoms with Crippen molar-refractivity contribution in [3.8, 4) is 0 Å². The summed E-state index contributed by atoms with van der Waals surface area (Å²) in [5.74, 6) is 1.16. The van der Waals surface area contributed by atoms with Crippen LogP contribution in [0.25, 0.3) is 0 Å². The molecule has 14 heavy (non-hydrogen) atoms. The van der Waals surface area contributed by atoms with Gasteiger partial charge in [-0.2, -0.15) is 11.8 Å². The average molecular weight is 294 g/mol. The Morgan fingerprint density at radius 1 is 1.50 bits per heavy atom. The first-order valence-corrected chi connectivity index (χ1v) is 7.64. The van der Waals surface area contributed by atoms with Gasteiger partial charge < -0.3 is 5.32 Å². The maximum Gasteiger partial charge on any atom is 0.0701 e. The Labute approximate surface area is 103 Å². The predicted octanol–water partition coefficient (Wildman–Crippen LogP) is 3.91. The fraction of sp³-hybridized carbons (Fsp3) is 0.600. The highest BCUT2D eigenvalue weighted by Gasteiger charge is 2.10. The number of halogens is 1. The van der Waals surface area contributed by atoms with Crippen molar-refractivity contribution in [2.75, 3.05) is 12.0 Å². The van der Waals surface area contributed by atoms with Gasteiger partial charge in [-0.05, 0) is 48.2 Å². The van der Waals surface area contributed by atoms with Gasteiger partial charge >= 0.3 is 0 Å². The zero-order valence-electron chi connectivity index (χ0n) is 8.71. The molecule has 0 aliphatic heterocycles. The minimum absolute atomic E-state index is 0.452. The van der Waals surface area contributed by atoms with Gasteiger partial charge in [0.25, 0.3) is 0 Å². The first-order valence-electron chi connectivity index (χ1n) is 4.63. The highest BCUT2D eigenvalue weighted by molar-refractivity contribution is 9.11. The van der Waals surface area contributed by atoms with Crippen LogP contribution in [0.3, 0.4) is 0 Å². The molecular weight excluding hydrogens is 278 g/mol. The van der Waals surface area contributed by atoms with Crippen molar-refractivity contribution in [2.24, 2.45) is 0 Å². The minimum atomic E-state index is 0.452. The molecule has 2 atom stereocenters. The summed E-state index contributed by atoms with van der Waals surface area (Å²) >= 11 is 7.17. The maximum absolute atomic E-state index is 3.58. The lowest BCUT2D eigenvalue weighted by atomic mass is 10.2. The van der Waals surface area contributed by atoms with Crippen LogP contribution in [0.15, 0.2) is 15.9 Å². The summed E-state index contributed by atoms with van der Waals surface area (Å²) < 4.78 is 1.21. The Bertz CT molecular complexity index is 275. The lowest BCUT2D eigenvalue weighted by molar-refractivity contribution is 0.517. The molecule has 0 fully saturated rings. The van der Waals surface area contributed by atoms with Crippen molar-refractivity contribution in [2.45, 2.75) is 25.9 Å². The molecule has 1 N–H and O–H groups in total. The van der Waals surface area contributed by atoms with Crippen molar-refractivity contribution in [3.05, 3.63) is 20.8 Å². The van der Waals surface area contributed by atoms with E-state index in [1.165, 1.54) is 8.66 Å². The Balaban J connectivity index is 2.45. The van der Waals surface area contributed by atoms with Gasteiger partial charge in [-0.25, -0.2) is 0 Å². The van der Waals surface area contributed by atoms with Gasteiger partial charge in [-0.15, -0.1) is 11.3 Å².